The molecule has 16 heavy (non-hydrogen) atoms. The second-order valence-corrected chi connectivity index (χ2v) is 4.93. The Morgan fingerprint density at radius 1 is 1.25 bits per heavy atom. The first-order valence-corrected chi connectivity index (χ1v) is 6.24. The lowest BCUT2D eigenvalue weighted by atomic mass is 10.1. The average molecular weight is 219 g/mol. The molecule has 0 saturated heterocycles. The van der Waals surface area contributed by atoms with Crippen molar-refractivity contribution in [3.8, 4) is 0 Å². The molecule has 1 aromatic carbocycles. The monoisotopic (exact) mass is 219 g/mol. The predicted molar refractivity (Wildman–Crippen MR) is 67.7 cm³/mol. The lowest BCUT2D eigenvalue weighted by Gasteiger charge is -2.14. The summed E-state index contributed by atoms with van der Waals surface area (Å²) in [6.45, 7) is 2.55. The summed E-state index contributed by atoms with van der Waals surface area (Å²) in [6, 6.07) is 9.08. The zero-order valence-corrected chi connectivity index (χ0v) is 9.95. The van der Waals surface area contributed by atoms with Crippen LogP contribution in [0.25, 0.3) is 0 Å². The number of benzene rings is 1. The summed E-state index contributed by atoms with van der Waals surface area (Å²) < 4.78 is 0. The third-order valence-electron chi connectivity index (χ3n) is 3.42. The SMILES string of the molecule is CC1CCC(Nc2ccc(CCO)cc2)C1. The quantitative estimate of drug-likeness (QED) is 0.816. The van der Waals surface area contributed by atoms with E-state index in [1.165, 1.54) is 30.5 Å². The molecule has 1 aromatic rings. The normalized spacial score (nSPS) is 24.6. The molecular weight excluding hydrogens is 198 g/mol. The number of nitrogens with one attached hydrogen (secondary N) is 1. The molecule has 0 aromatic heterocycles. The van der Waals surface area contributed by atoms with Crippen LogP contribution in [0.1, 0.15) is 31.7 Å². The summed E-state index contributed by atoms with van der Waals surface area (Å²) in [5, 5.41) is 12.4. The molecule has 0 radical (unpaired) electrons. The highest BCUT2D eigenvalue weighted by atomic mass is 16.2. The minimum Gasteiger partial charge on any atom is -0.396 e. The Labute approximate surface area is 97.7 Å². The summed E-state index contributed by atoms with van der Waals surface area (Å²) in [6.07, 6.45) is 4.68. The summed E-state index contributed by atoms with van der Waals surface area (Å²) >= 11 is 0. The Hall–Kier alpha value is -1.02. The zero-order valence-electron chi connectivity index (χ0n) is 9.95. The number of aliphatic hydroxyl groups is 1. The second-order valence-electron chi connectivity index (χ2n) is 4.93. The van der Waals surface area contributed by atoms with Crippen LogP contribution in [0, 0.1) is 5.92 Å². The highest BCUT2D eigenvalue weighted by Crippen LogP contribution is 2.27. The molecule has 1 fully saturated rings. The Morgan fingerprint density at radius 3 is 2.56 bits per heavy atom. The first-order chi connectivity index (χ1) is 7.78. The molecular formula is C14H21NO. The van der Waals surface area contributed by atoms with Crippen LogP contribution in [0.5, 0.6) is 0 Å². The van der Waals surface area contributed by atoms with Gasteiger partial charge in [-0.15, -0.1) is 0 Å². The van der Waals surface area contributed by atoms with Crippen LogP contribution in [0.2, 0.25) is 0 Å². The molecule has 2 N–H and O–H groups in total. The fourth-order valence-corrected chi connectivity index (χ4v) is 2.47. The molecule has 0 amide bonds. The molecule has 0 aliphatic heterocycles. The van der Waals surface area contributed by atoms with Crippen molar-refractivity contribution in [1.82, 2.24) is 0 Å². The summed E-state index contributed by atoms with van der Waals surface area (Å²) in [5.74, 6) is 0.867. The first-order valence-electron chi connectivity index (χ1n) is 6.24. The number of anilines is 1. The molecule has 2 nitrogen and oxygen atoms in total. The second kappa shape index (κ2) is 5.35. The smallest absolute Gasteiger partial charge is 0.0471 e. The van der Waals surface area contributed by atoms with Crippen molar-refractivity contribution in [2.45, 2.75) is 38.6 Å². The van der Waals surface area contributed by atoms with Crippen LogP contribution >= 0.6 is 0 Å². The molecule has 0 heterocycles. The van der Waals surface area contributed by atoms with Gasteiger partial charge in [0.25, 0.3) is 0 Å². The van der Waals surface area contributed by atoms with Gasteiger partial charge in [0.05, 0.1) is 0 Å². The topological polar surface area (TPSA) is 32.3 Å². The Balaban J connectivity index is 1.89. The summed E-state index contributed by atoms with van der Waals surface area (Å²) in [7, 11) is 0. The lowest BCUT2D eigenvalue weighted by Crippen LogP contribution is -2.15. The van der Waals surface area contributed by atoms with E-state index in [-0.39, 0.29) is 6.61 Å². The lowest BCUT2D eigenvalue weighted by molar-refractivity contribution is 0.299. The summed E-state index contributed by atoms with van der Waals surface area (Å²) in [5.41, 5.74) is 2.41. The van der Waals surface area contributed by atoms with Crippen molar-refractivity contribution in [2.75, 3.05) is 11.9 Å². The average Bonchev–Trinajstić information content (AvgIpc) is 2.67. The van der Waals surface area contributed by atoms with E-state index in [0.29, 0.717) is 6.04 Å². The van der Waals surface area contributed by atoms with Gasteiger partial charge in [-0.3, -0.25) is 0 Å². The molecule has 2 unspecified atom stereocenters. The van der Waals surface area contributed by atoms with Gasteiger partial charge in [0.1, 0.15) is 0 Å². The molecule has 1 aliphatic carbocycles. The van der Waals surface area contributed by atoms with Crippen LogP contribution in [0.4, 0.5) is 5.69 Å². The minimum absolute atomic E-state index is 0.229. The number of rotatable bonds is 4. The van der Waals surface area contributed by atoms with E-state index in [0.717, 1.165) is 12.3 Å². The van der Waals surface area contributed by atoms with Crippen molar-refractivity contribution in [2.24, 2.45) is 5.92 Å². The van der Waals surface area contributed by atoms with E-state index in [1.807, 2.05) is 0 Å². The molecule has 88 valence electrons. The van der Waals surface area contributed by atoms with E-state index < -0.39 is 0 Å². The van der Waals surface area contributed by atoms with E-state index in [4.69, 9.17) is 5.11 Å². The van der Waals surface area contributed by atoms with Gasteiger partial charge in [0.2, 0.25) is 0 Å². The molecule has 1 saturated carbocycles. The standard InChI is InChI=1S/C14H21NO/c1-11-2-5-14(10-11)15-13-6-3-12(4-7-13)8-9-16/h3-4,6-7,11,14-16H,2,5,8-10H2,1H3. The first kappa shape index (κ1) is 11.5. The molecule has 0 spiro atoms. The van der Waals surface area contributed by atoms with Gasteiger partial charge in [-0.05, 0) is 49.3 Å². The fraction of sp³-hybridized carbons (Fsp3) is 0.571. The number of hydrogen-bond donors (Lipinski definition) is 2. The van der Waals surface area contributed by atoms with Gasteiger partial charge in [0, 0.05) is 18.3 Å². The van der Waals surface area contributed by atoms with Gasteiger partial charge in [-0.25, -0.2) is 0 Å². The Bertz CT molecular complexity index is 320. The Kier molecular flexibility index (Phi) is 3.83. The predicted octanol–water partition coefficient (Wildman–Crippen LogP) is 2.82. The van der Waals surface area contributed by atoms with Crippen LogP contribution in [0.15, 0.2) is 24.3 Å². The van der Waals surface area contributed by atoms with Crippen LogP contribution in [-0.2, 0) is 6.42 Å². The van der Waals surface area contributed by atoms with Crippen molar-refractivity contribution in [3.63, 3.8) is 0 Å². The number of hydrogen-bond acceptors (Lipinski definition) is 2. The van der Waals surface area contributed by atoms with Crippen molar-refractivity contribution < 1.29 is 5.11 Å². The van der Waals surface area contributed by atoms with Gasteiger partial charge in [-0.1, -0.05) is 19.1 Å². The van der Waals surface area contributed by atoms with Gasteiger partial charge in [-0.2, -0.15) is 0 Å². The summed E-state index contributed by atoms with van der Waals surface area (Å²) in [4.78, 5) is 0. The van der Waals surface area contributed by atoms with E-state index in [9.17, 15) is 0 Å². The van der Waals surface area contributed by atoms with Gasteiger partial charge < -0.3 is 10.4 Å². The molecule has 2 atom stereocenters. The van der Waals surface area contributed by atoms with Crippen molar-refractivity contribution in [3.05, 3.63) is 29.8 Å². The highest BCUT2D eigenvalue weighted by molar-refractivity contribution is 5.45. The number of aliphatic hydroxyl groups excluding tert-OH is 1. The highest BCUT2D eigenvalue weighted by Gasteiger charge is 2.20. The maximum Gasteiger partial charge on any atom is 0.0471 e. The molecule has 2 rings (SSSR count). The molecule has 2 heteroatoms. The van der Waals surface area contributed by atoms with Crippen LogP contribution in [-0.4, -0.2) is 17.8 Å². The maximum absolute atomic E-state index is 8.83. The van der Waals surface area contributed by atoms with Gasteiger partial charge in [0.15, 0.2) is 0 Å². The van der Waals surface area contributed by atoms with Crippen molar-refractivity contribution in [1.29, 1.82) is 0 Å². The zero-order chi connectivity index (χ0) is 11.4. The molecule has 0 bridgehead atoms. The largest absolute Gasteiger partial charge is 0.396 e. The third kappa shape index (κ3) is 2.99. The maximum atomic E-state index is 8.83. The van der Waals surface area contributed by atoms with Gasteiger partial charge >= 0.3 is 0 Å². The van der Waals surface area contributed by atoms with Crippen LogP contribution < -0.4 is 5.32 Å². The third-order valence-corrected chi connectivity index (χ3v) is 3.42. The van der Waals surface area contributed by atoms with E-state index >= 15 is 0 Å². The molecule has 1 aliphatic rings. The Morgan fingerprint density at radius 2 is 2.00 bits per heavy atom. The fourth-order valence-electron chi connectivity index (χ4n) is 2.47. The van der Waals surface area contributed by atoms with E-state index in [1.54, 1.807) is 0 Å². The van der Waals surface area contributed by atoms with E-state index in [2.05, 4.69) is 36.5 Å². The van der Waals surface area contributed by atoms with Crippen LogP contribution in [0.3, 0.4) is 0 Å². The van der Waals surface area contributed by atoms with Crippen molar-refractivity contribution >= 4 is 5.69 Å². The minimum atomic E-state index is 0.229.